The van der Waals surface area contributed by atoms with Gasteiger partial charge in [0, 0.05) is 50.7 Å². The first-order valence-electron chi connectivity index (χ1n) is 14.1. The largest absolute Gasteiger partial charge is 0.493 e. The maximum Gasteiger partial charge on any atom is 0.161 e. The number of aromatic nitrogens is 4. The van der Waals surface area contributed by atoms with Crippen molar-refractivity contribution in [2.24, 2.45) is 0 Å². The molecule has 0 radical (unpaired) electrons. The molecule has 2 aromatic heterocycles. The van der Waals surface area contributed by atoms with Crippen LogP contribution >= 0.6 is 0 Å². The Morgan fingerprint density at radius 1 is 0.881 bits per heavy atom. The van der Waals surface area contributed by atoms with Gasteiger partial charge in [-0.3, -0.25) is 0 Å². The number of methoxy groups -OCH3 is 2. The fraction of sp³-hybridized carbons (Fsp3) is 0.375. The molecule has 1 fully saturated rings. The lowest BCUT2D eigenvalue weighted by atomic mass is 10.1. The van der Waals surface area contributed by atoms with Crippen molar-refractivity contribution in [3.63, 3.8) is 0 Å². The van der Waals surface area contributed by atoms with Crippen molar-refractivity contribution in [3.05, 3.63) is 60.2 Å². The van der Waals surface area contributed by atoms with E-state index in [9.17, 15) is 0 Å². The van der Waals surface area contributed by atoms with Crippen LogP contribution in [0.25, 0.3) is 34.3 Å². The summed E-state index contributed by atoms with van der Waals surface area (Å²) in [5, 5.41) is 1.00. The van der Waals surface area contributed by atoms with Gasteiger partial charge in [0.05, 0.1) is 38.1 Å². The molecule has 0 spiro atoms. The highest BCUT2D eigenvalue weighted by molar-refractivity contribution is 5.90. The second-order valence-corrected chi connectivity index (χ2v) is 10.7. The zero-order valence-electron chi connectivity index (χ0n) is 25.2. The van der Waals surface area contributed by atoms with Crippen LogP contribution in [-0.2, 0) is 4.74 Å². The van der Waals surface area contributed by atoms with E-state index in [0.717, 1.165) is 59.9 Å². The summed E-state index contributed by atoms with van der Waals surface area (Å²) in [6.07, 6.45) is 4.86. The summed E-state index contributed by atoms with van der Waals surface area (Å²) < 4.78 is 17.2. The fourth-order valence-corrected chi connectivity index (χ4v) is 4.95. The highest BCUT2D eigenvalue weighted by Gasteiger charge is 2.25. The molecule has 1 atom stereocenters. The number of hydrogen-bond acceptors (Lipinski definition) is 10. The lowest BCUT2D eigenvalue weighted by molar-refractivity contribution is 0.0581. The van der Waals surface area contributed by atoms with E-state index in [2.05, 4.69) is 23.9 Å². The van der Waals surface area contributed by atoms with Crippen molar-refractivity contribution in [2.75, 3.05) is 78.5 Å². The smallest absolute Gasteiger partial charge is 0.161 e. The highest BCUT2D eigenvalue weighted by Crippen LogP contribution is 2.33. The summed E-state index contributed by atoms with van der Waals surface area (Å²) in [5.41, 5.74) is 2.57. The molecule has 4 aromatic rings. The number of hydrogen-bond donors (Lipinski definition) is 0. The van der Waals surface area contributed by atoms with Crippen LogP contribution in [0.4, 0.5) is 11.6 Å². The summed E-state index contributed by atoms with van der Waals surface area (Å²) in [5.74, 6) is 4.17. The van der Waals surface area contributed by atoms with Gasteiger partial charge < -0.3 is 28.9 Å². The van der Waals surface area contributed by atoms with Crippen LogP contribution in [0, 0.1) is 0 Å². The quantitative estimate of drug-likeness (QED) is 0.257. The molecule has 10 nitrogen and oxygen atoms in total. The molecular formula is C32H39N7O3. The van der Waals surface area contributed by atoms with E-state index in [-0.39, 0.29) is 6.10 Å². The van der Waals surface area contributed by atoms with E-state index in [4.69, 9.17) is 34.1 Å². The normalized spacial score (nSPS) is 15.2. The number of rotatable bonds is 11. The number of benzene rings is 2. The monoisotopic (exact) mass is 569 g/mol. The van der Waals surface area contributed by atoms with Gasteiger partial charge in [-0.1, -0.05) is 12.1 Å². The maximum atomic E-state index is 6.15. The lowest BCUT2D eigenvalue weighted by Crippen LogP contribution is -2.26. The minimum Gasteiger partial charge on any atom is -0.493 e. The van der Waals surface area contributed by atoms with Gasteiger partial charge in [-0.25, -0.2) is 19.9 Å². The fourth-order valence-electron chi connectivity index (χ4n) is 4.95. The van der Waals surface area contributed by atoms with Crippen LogP contribution in [-0.4, -0.2) is 99.6 Å². The van der Waals surface area contributed by atoms with Gasteiger partial charge >= 0.3 is 0 Å². The topological polar surface area (TPSA) is 89.0 Å². The molecular weight excluding hydrogens is 530 g/mol. The van der Waals surface area contributed by atoms with E-state index in [1.54, 1.807) is 14.2 Å². The van der Waals surface area contributed by atoms with Crippen molar-refractivity contribution < 1.29 is 14.2 Å². The number of anilines is 2. The lowest BCUT2D eigenvalue weighted by Gasteiger charge is -2.19. The molecule has 3 heterocycles. The molecule has 42 heavy (non-hydrogen) atoms. The Kier molecular flexibility index (Phi) is 9.14. The van der Waals surface area contributed by atoms with Crippen molar-refractivity contribution in [2.45, 2.75) is 12.5 Å². The molecule has 5 rings (SSSR count). The maximum absolute atomic E-state index is 6.15. The van der Waals surface area contributed by atoms with Gasteiger partial charge in [-0.15, -0.1) is 0 Å². The van der Waals surface area contributed by atoms with E-state index in [1.807, 2.05) is 79.7 Å². The van der Waals surface area contributed by atoms with Crippen LogP contribution in [0.5, 0.6) is 11.5 Å². The first-order valence-corrected chi connectivity index (χ1v) is 14.1. The van der Waals surface area contributed by atoms with Crippen LogP contribution < -0.4 is 19.3 Å². The summed E-state index contributed by atoms with van der Waals surface area (Å²) in [7, 11) is 11.3. The number of ether oxygens (including phenoxy) is 3. The van der Waals surface area contributed by atoms with Gasteiger partial charge in [0.2, 0.25) is 0 Å². The molecule has 1 aliphatic heterocycles. The highest BCUT2D eigenvalue weighted by atomic mass is 16.5. The SMILES string of the molecule is COc1ccc(-c2cc(N3CCC(OCCN(C)C)C3)nc(C=Cc3nc(N(C)C)c4ccccc4n3)n2)cc1OC. The van der Waals surface area contributed by atoms with Crippen molar-refractivity contribution in [3.8, 4) is 22.8 Å². The molecule has 1 saturated heterocycles. The molecule has 0 N–H and O–H groups in total. The molecule has 0 bridgehead atoms. The predicted octanol–water partition coefficient (Wildman–Crippen LogP) is 4.50. The molecule has 0 amide bonds. The van der Waals surface area contributed by atoms with Gasteiger partial charge in [0.15, 0.2) is 23.1 Å². The molecule has 1 aliphatic rings. The summed E-state index contributed by atoms with van der Waals surface area (Å²) >= 11 is 0. The predicted molar refractivity (Wildman–Crippen MR) is 168 cm³/mol. The summed E-state index contributed by atoms with van der Waals surface area (Å²) in [4.78, 5) is 25.8. The number of para-hydroxylation sites is 1. The van der Waals surface area contributed by atoms with Gasteiger partial charge in [-0.2, -0.15) is 0 Å². The molecule has 220 valence electrons. The van der Waals surface area contributed by atoms with Crippen molar-refractivity contribution in [1.82, 2.24) is 24.8 Å². The first-order chi connectivity index (χ1) is 20.3. The minimum atomic E-state index is 0.166. The Labute approximate surface area is 247 Å². The molecule has 2 aromatic carbocycles. The van der Waals surface area contributed by atoms with E-state index >= 15 is 0 Å². The van der Waals surface area contributed by atoms with Crippen LogP contribution in [0.3, 0.4) is 0 Å². The zero-order valence-corrected chi connectivity index (χ0v) is 25.2. The molecule has 1 unspecified atom stereocenters. The van der Waals surface area contributed by atoms with Gasteiger partial charge in [-0.05, 0) is 63.0 Å². The number of fused-ring (bicyclic) bond motifs is 1. The van der Waals surface area contributed by atoms with E-state index in [1.165, 1.54) is 0 Å². The molecule has 10 heteroatoms. The Balaban J connectivity index is 1.49. The standard InChI is InChI=1S/C32H39N7O3/c1-37(2)17-18-42-23-15-16-39(21-23)31-20-26(22-11-12-27(40-5)28(19-22)41-6)34-29(35-31)13-14-30-33-25-10-8-7-9-24(25)32(36-30)38(3)4/h7-14,19-20,23H,15-18,21H2,1-6H3. The van der Waals surface area contributed by atoms with Crippen molar-refractivity contribution >= 4 is 34.7 Å². The third kappa shape index (κ3) is 6.78. The zero-order chi connectivity index (χ0) is 29.6. The number of likely N-dealkylation sites (N-methyl/N-ethyl adjacent to an activating group) is 1. The second kappa shape index (κ2) is 13.1. The first kappa shape index (κ1) is 29.2. The van der Waals surface area contributed by atoms with Crippen LogP contribution in [0.1, 0.15) is 18.1 Å². The Morgan fingerprint density at radius 3 is 2.38 bits per heavy atom. The molecule has 0 saturated carbocycles. The van der Waals surface area contributed by atoms with Gasteiger partial charge in [0.1, 0.15) is 11.6 Å². The Morgan fingerprint density at radius 2 is 1.64 bits per heavy atom. The third-order valence-electron chi connectivity index (χ3n) is 7.18. The molecule has 0 aliphatic carbocycles. The Hall–Kier alpha value is -4.28. The average Bonchev–Trinajstić information content (AvgIpc) is 3.47. The van der Waals surface area contributed by atoms with Crippen LogP contribution in [0.2, 0.25) is 0 Å². The third-order valence-corrected chi connectivity index (χ3v) is 7.18. The average molecular weight is 570 g/mol. The number of nitrogens with zero attached hydrogens (tertiary/aromatic N) is 7. The van der Waals surface area contributed by atoms with E-state index < -0.39 is 0 Å². The minimum absolute atomic E-state index is 0.166. The summed E-state index contributed by atoms with van der Waals surface area (Å²) in [6, 6.07) is 15.8. The van der Waals surface area contributed by atoms with Gasteiger partial charge in [0.25, 0.3) is 0 Å². The second-order valence-electron chi connectivity index (χ2n) is 10.7. The van der Waals surface area contributed by atoms with Crippen LogP contribution in [0.15, 0.2) is 48.5 Å². The van der Waals surface area contributed by atoms with E-state index in [0.29, 0.717) is 29.8 Å². The Bertz CT molecular complexity index is 1560. The van der Waals surface area contributed by atoms with Crippen molar-refractivity contribution in [1.29, 1.82) is 0 Å². The summed E-state index contributed by atoms with van der Waals surface area (Å²) in [6.45, 7) is 3.24.